The summed E-state index contributed by atoms with van der Waals surface area (Å²) in [5, 5.41) is 0.373. The van der Waals surface area contributed by atoms with Crippen LogP contribution < -0.4 is 5.73 Å². The van der Waals surface area contributed by atoms with E-state index in [2.05, 4.69) is 4.98 Å². The summed E-state index contributed by atoms with van der Waals surface area (Å²) < 4.78 is 39.8. The molecule has 3 aromatic rings. The quantitative estimate of drug-likeness (QED) is 0.752. The zero-order valence-electron chi connectivity index (χ0n) is 13.6. The van der Waals surface area contributed by atoms with E-state index in [1.54, 1.807) is 18.2 Å². The Balaban J connectivity index is 1.84. The average molecular weight is 358 g/mol. The van der Waals surface area contributed by atoms with E-state index in [4.69, 9.17) is 5.73 Å². The van der Waals surface area contributed by atoms with Gasteiger partial charge in [-0.15, -0.1) is 0 Å². The van der Waals surface area contributed by atoms with Gasteiger partial charge in [-0.05, 0) is 73.2 Å². The van der Waals surface area contributed by atoms with Gasteiger partial charge in [0.2, 0.25) is 9.84 Å². The Hall–Kier alpha value is -2.18. The van der Waals surface area contributed by atoms with Crippen LogP contribution in [0.4, 0.5) is 4.39 Å². The van der Waals surface area contributed by atoms with Crippen molar-refractivity contribution < 1.29 is 12.8 Å². The van der Waals surface area contributed by atoms with Crippen LogP contribution in [0.5, 0.6) is 0 Å². The molecule has 1 unspecified atom stereocenters. The number of sulfone groups is 1. The van der Waals surface area contributed by atoms with Gasteiger partial charge in [0, 0.05) is 17.1 Å². The monoisotopic (exact) mass is 358 g/mol. The number of aromatic nitrogens is 1. The maximum absolute atomic E-state index is 13.6. The van der Waals surface area contributed by atoms with Gasteiger partial charge in [0.25, 0.3) is 0 Å². The smallest absolute Gasteiger partial charge is 0.208 e. The summed E-state index contributed by atoms with van der Waals surface area (Å²) in [5.41, 5.74) is 8.64. The fourth-order valence-corrected chi connectivity index (χ4v) is 5.19. The fraction of sp³-hybridized carbons (Fsp3) is 0.263. The molecule has 6 heteroatoms. The van der Waals surface area contributed by atoms with Gasteiger partial charge >= 0.3 is 0 Å². The molecule has 1 atom stereocenters. The summed E-state index contributed by atoms with van der Waals surface area (Å²) in [6.07, 6.45) is 4.34. The molecule has 0 aliphatic heterocycles. The van der Waals surface area contributed by atoms with Crippen molar-refractivity contribution >= 4 is 20.7 Å². The molecule has 1 aliphatic carbocycles. The van der Waals surface area contributed by atoms with Gasteiger partial charge < -0.3 is 10.7 Å². The zero-order chi connectivity index (χ0) is 17.6. The minimum absolute atomic E-state index is 0.105. The van der Waals surface area contributed by atoms with Gasteiger partial charge in [-0.1, -0.05) is 6.07 Å². The first kappa shape index (κ1) is 16.3. The largest absolute Gasteiger partial charge is 0.360 e. The van der Waals surface area contributed by atoms with Crippen LogP contribution in [0.1, 0.15) is 29.9 Å². The molecule has 0 amide bonds. The number of nitrogens with one attached hydrogen (secondary N) is 1. The molecule has 4 rings (SSSR count). The number of rotatable bonds is 3. The fourth-order valence-electron chi connectivity index (χ4n) is 3.72. The van der Waals surface area contributed by atoms with Crippen molar-refractivity contribution in [2.24, 2.45) is 5.73 Å². The van der Waals surface area contributed by atoms with Gasteiger partial charge in [-0.25, -0.2) is 12.8 Å². The first-order valence-electron chi connectivity index (χ1n) is 8.35. The number of fused-ring (bicyclic) bond motifs is 2. The highest BCUT2D eigenvalue weighted by atomic mass is 32.2. The van der Waals surface area contributed by atoms with E-state index in [1.165, 1.54) is 18.3 Å². The van der Waals surface area contributed by atoms with Gasteiger partial charge in [0.15, 0.2) is 0 Å². The number of benzene rings is 2. The van der Waals surface area contributed by atoms with Gasteiger partial charge in [0.05, 0.1) is 9.79 Å². The van der Waals surface area contributed by atoms with Crippen LogP contribution >= 0.6 is 0 Å². The molecule has 25 heavy (non-hydrogen) atoms. The third-order valence-corrected chi connectivity index (χ3v) is 6.83. The van der Waals surface area contributed by atoms with E-state index < -0.39 is 15.7 Å². The average Bonchev–Trinajstić information content (AvgIpc) is 3.04. The maximum atomic E-state index is 13.6. The molecule has 3 N–H and O–H groups in total. The molecular formula is C19H19FN2O2S. The standard InChI is InChI=1S/C19H19FN2O2S/c20-14-4-7-18-17(9-14)19(11-22-18)25(23,24)15-5-6-16-12(8-15)2-1-3-13(16)10-21/h4-9,11,13,22H,1-3,10,21H2. The molecule has 1 aromatic heterocycles. The Morgan fingerprint density at radius 3 is 2.84 bits per heavy atom. The molecule has 4 nitrogen and oxygen atoms in total. The Morgan fingerprint density at radius 2 is 2.04 bits per heavy atom. The third kappa shape index (κ3) is 2.65. The maximum Gasteiger partial charge on any atom is 0.208 e. The van der Waals surface area contributed by atoms with Crippen LogP contribution in [0.2, 0.25) is 0 Å². The lowest BCUT2D eigenvalue weighted by Crippen LogP contribution is -2.18. The predicted octanol–water partition coefficient (Wildman–Crippen LogP) is 3.52. The second-order valence-electron chi connectivity index (χ2n) is 6.53. The number of hydrogen-bond donors (Lipinski definition) is 2. The van der Waals surface area contributed by atoms with Crippen LogP contribution in [-0.2, 0) is 16.3 Å². The number of halogens is 1. The highest BCUT2D eigenvalue weighted by Gasteiger charge is 2.25. The molecule has 0 saturated carbocycles. The Bertz CT molecular complexity index is 1060. The third-order valence-electron chi connectivity index (χ3n) is 5.04. The van der Waals surface area contributed by atoms with Crippen LogP contribution in [0, 0.1) is 5.82 Å². The summed E-state index contributed by atoms with van der Waals surface area (Å²) in [6.45, 7) is 0.570. The molecule has 0 bridgehead atoms. The van der Waals surface area contributed by atoms with Gasteiger partial charge in [-0.3, -0.25) is 0 Å². The predicted molar refractivity (Wildman–Crippen MR) is 94.9 cm³/mol. The number of nitrogens with two attached hydrogens (primary N) is 1. The van der Waals surface area contributed by atoms with E-state index in [0.717, 1.165) is 30.4 Å². The van der Waals surface area contributed by atoms with E-state index in [1.807, 2.05) is 6.07 Å². The van der Waals surface area contributed by atoms with Crippen LogP contribution in [-0.4, -0.2) is 19.9 Å². The minimum atomic E-state index is -3.73. The van der Waals surface area contributed by atoms with Crippen molar-refractivity contribution in [1.82, 2.24) is 4.98 Å². The number of aromatic amines is 1. The Morgan fingerprint density at radius 1 is 1.20 bits per heavy atom. The lowest BCUT2D eigenvalue weighted by Gasteiger charge is -2.24. The van der Waals surface area contributed by atoms with E-state index in [0.29, 0.717) is 23.4 Å². The molecule has 1 aliphatic rings. The molecule has 2 aromatic carbocycles. The highest BCUT2D eigenvalue weighted by Crippen LogP contribution is 2.35. The second-order valence-corrected chi connectivity index (χ2v) is 8.45. The van der Waals surface area contributed by atoms with Gasteiger partial charge in [-0.2, -0.15) is 0 Å². The second kappa shape index (κ2) is 5.97. The summed E-state index contributed by atoms with van der Waals surface area (Å²) in [6, 6.07) is 9.38. The van der Waals surface area contributed by atoms with Crippen molar-refractivity contribution in [2.45, 2.75) is 35.0 Å². The Labute approximate surface area is 145 Å². The number of aryl methyl sites for hydroxylation is 1. The van der Waals surface area contributed by atoms with Gasteiger partial charge in [0.1, 0.15) is 5.82 Å². The SMILES string of the molecule is NCC1CCCc2cc(S(=O)(=O)c3c[nH]c4ccc(F)cc34)ccc21. The topological polar surface area (TPSA) is 76.0 Å². The van der Waals surface area contributed by atoms with Crippen molar-refractivity contribution in [1.29, 1.82) is 0 Å². The summed E-state index contributed by atoms with van der Waals surface area (Å²) >= 11 is 0. The first-order valence-corrected chi connectivity index (χ1v) is 9.83. The molecular weight excluding hydrogens is 339 g/mol. The molecule has 0 radical (unpaired) electrons. The van der Waals surface area contributed by atoms with Crippen molar-refractivity contribution in [2.75, 3.05) is 6.54 Å². The van der Waals surface area contributed by atoms with Crippen LogP contribution in [0.15, 0.2) is 52.4 Å². The molecule has 0 spiro atoms. The lowest BCUT2D eigenvalue weighted by molar-refractivity contribution is 0.558. The normalized spacial score (nSPS) is 17.6. The van der Waals surface area contributed by atoms with E-state index in [-0.39, 0.29) is 9.79 Å². The zero-order valence-corrected chi connectivity index (χ0v) is 14.4. The molecule has 1 heterocycles. The van der Waals surface area contributed by atoms with Crippen LogP contribution in [0.3, 0.4) is 0 Å². The van der Waals surface area contributed by atoms with Crippen molar-refractivity contribution in [3.63, 3.8) is 0 Å². The van der Waals surface area contributed by atoms with E-state index in [9.17, 15) is 12.8 Å². The first-order chi connectivity index (χ1) is 12.0. The highest BCUT2D eigenvalue weighted by molar-refractivity contribution is 7.91. The number of hydrogen-bond acceptors (Lipinski definition) is 3. The molecule has 130 valence electrons. The van der Waals surface area contributed by atoms with Crippen molar-refractivity contribution in [3.05, 3.63) is 59.5 Å². The molecule has 0 saturated heterocycles. The lowest BCUT2D eigenvalue weighted by atomic mass is 9.83. The summed E-state index contributed by atoms with van der Waals surface area (Å²) in [7, 11) is -3.73. The van der Waals surface area contributed by atoms with Crippen LogP contribution in [0.25, 0.3) is 10.9 Å². The number of H-pyrrole nitrogens is 1. The minimum Gasteiger partial charge on any atom is -0.360 e. The molecule has 0 fully saturated rings. The summed E-state index contributed by atoms with van der Waals surface area (Å²) in [5.74, 6) is -0.164. The van der Waals surface area contributed by atoms with Crippen molar-refractivity contribution in [3.8, 4) is 0 Å². The van der Waals surface area contributed by atoms with E-state index >= 15 is 0 Å². The summed E-state index contributed by atoms with van der Waals surface area (Å²) in [4.78, 5) is 3.26. The Kier molecular flexibility index (Phi) is 3.89.